The van der Waals surface area contributed by atoms with Gasteiger partial charge in [0, 0.05) is 47.8 Å². The lowest BCUT2D eigenvalue weighted by molar-refractivity contribution is 0.0982. The molecule has 3 aromatic carbocycles. The van der Waals surface area contributed by atoms with Crippen LogP contribution in [0.25, 0.3) is 16.4 Å². The summed E-state index contributed by atoms with van der Waals surface area (Å²) in [6, 6.07) is 17.5. The number of aryl methyl sites for hydroxylation is 1. The third-order valence-corrected chi connectivity index (χ3v) is 7.61. The van der Waals surface area contributed by atoms with Crippen molar-refractivity contribution in [2.75, 3.05) is 29.2 Å². The van der Waals surface area contributed by atoms with Gasteiger partial charge in [-0.1, -0.05) is 18.2 Å². The number of ether oxygens (including phenoxy) is 1. The number of alkyl halides is 1. The average molecular weight is 555 g/mol. The molecule has 202 valence electrons. The highest BCUT2D eigenvalue weighted by molar-refractivity contribution is 6.19. The number of hydrogen-bond acceptors (Lipinski definition) is 5. The SMILES string of the molecule is CCOc1cc2c(c3c(C)cccc13)[C@H](CCl)CN2C(=O)c1cn2cc(NC(=O)c3ccc(O)cc3)ccc2n1. The van der Waals surface area contributed by atoms with Crippen molar-refractivity contribution in [2.24, 2.45) is 0 Å². The van der Waals surface area contributed by atoms with Crippen molar-refractivity contribution in [2.45, 2.75) is 19.8 Å². The van der Waals surface area contributed by atoms with Crippen molar-refractivity contribution in [3.05, 3.63) is 95.4 Å². The van der Waals surface area contributed by atoms with Crippen LogP contribution in [0.15, 0.2) is 73.1 Å². The monoisotopic (exact) mass is 554 g/mol. The normalized spacial score (nSPS) is 14.5. The van der Waals surface area contributed by atoms with E-state index in [1.165, 1.54) is 12.1 Å². The van der Waals surface area contributed by atoms with Crippen molar-refractivity contribution in [1.82, 2.24) is 9.38 Å². The maximum absolute atomic E-state index is 13.9. The lowest BCUT2D eigenvalue weighted by atomic mass is 9.92. The Balaban J connectivity index is 1.34. The van der Waals surface area contributed by atoms with E-state index in [0.29, 0.717) is 35.9 Å². The van der Waals surface area contributed by atoms with E-state index < -0.39 is 0 Å². The molecule has 6 rings (SSSR count). The highest BCUT2D eigenvalue weighted by Crippen LogP contribution is 2.47. The molecule has 1 aliphatic heterocycles. The molecule has 0 saturated heterocycles. The fraction of sp³-hybridized carbons (Fsp3) is 0.194. The van der Waals surface area contributed by atoms with E-state index in [1.807, 2.05) is 25.1 Å². The molecule has 0 unspecified atom stereocenters. The number of rotatable bonds is 6. The Kier molecular flexibility index (Phi) is 6.56. The summed E-state index contributed by atoms with van der Waals surface area (Å²) in [5.74, 6) is 0.620. The van der Waals surface area contributed by atoms with Crippen molar-refractivity contribution in [3.8, 4) is 11.5 Å². The van der Waals surface area contributed by atoms with Gasteiger partial charge in [0.05, 0.1) is 18.0 Å². The highest BCUT2D eigenvalue weighted by atomic mass is 35.5. The second-order valence-corrected chi connectivity index (χ2v) is 10.1. The molecule has 9 heteroatoms. The predicted octanol–water partition coefficient (Wildman–Crippen LogP) is 6.14. The largest absolute Gasteiger partial charge is 0.508 e. The number of aromatic hydroxyl groups is 1. The number of anilines is 2. The molecule has 0 saturated carbocycles. The number of amides is 2. The van der Waals surface area contributed by atoms with E-state index in [4.69, 9.17) is 16.3 Å². The topological polar surface area (TPSA) is 96.2 Å². The zero-order valence-electron chi connectivity index (χ0n) is 22.0. The van der Waals surface area contributed by atoms with Gasteiger partial charge < -0.3 is 24.5 Å². The fourth-order valence-electron chi connectivity index (χ4n) is 5.40. The van der Waals surface area contributed by atoms with Crippen molar-refractivity contribution in [3.63, 3.8) is 0 Å². The van der Waals surface area contributed by atoms with Gasteiger partial charge in [0.1, 0.15) is 22.8 Å². The zero-order valence-corrected chi connectivity index (χ0v) is 22.8. The van der Waals surface area contributed by atoms with Gasteiger partial charge in [-0.05, 0) is 66.8 Å². The second-order valence-electron chi connectivity index (χ2n) is 9.82. The summed E-state index contributed by atoms with van der Waals surface area (Å²) in [4.78, 5) is 32.8. The third kappa shape index (κ3) is 4.40. The Labute approximate surface area is 235 Å². The van der Waals surface area contributed by atoms with Gasteiger partial charge in [-0.3, -0.25) is 9.59 Å². The van der Waals surface area contributed by atoms with E-state index in [-0.39, 0.29) is 29.2 Å². The quantitative estimate of drug-likeness (QED) is 0.246. The number of nitrogens with zero attached hydrogens (tertiary/aromatic N) is 3. The summed E-state index contributed by atoms with van der Waals surface area (Å²) >= 11 is 6.44. The number of nitrogens with one attached hydrogen (secondary N) is 1. The van der Waals surface area contributed by atoms with E-state index in [1.54, 1.807) is 46.0 Å². The van der Waals surface area contributed by atoms with Crippen LogP contribution in [0, 0.1) is 6.92 Å². The second kappa shape index (κ2) is 10.2. The fourth-order valence-corrected chi connectivity index (χ4v) is 5.65. The van der Waals surface area contributed by atoms with Crippen molar-refractivity contribution < 1.29 is 19.4 Å². The van der Waals surface area contributed by atoms with Crippen LogP contribution in [0.4, 0.5) is 11.4 Å². The Morgan fingerprint density at radius 3 is 2.67 bits per heavy atom. The van der Waals surface area contributed by atoms with Crippen LogP contribution in [-0.4, -0.2) is 45.3 Å². The van der Waals surface area contributed by atoms with Crippen LogP contribution in [0.1, 0.15) is 44.8 Å². The molecule has 0 fully saturated rings. The maximum atomic E-state index is 13.9. The first-order valence-electron chi connectivity index (χ1n) is 13.0. The summed E-state index contributed by atoms with van der Waals surface area (Å²) in [7, 11) is 0. The Morgan fingerprint density at radius 2 is 1.93 bits per heavy atom. The molecular weight excluding hydrogens is 528 g/mol. The molecule has 1 aliphatic rings. The van der Waals surface area contributed by atoms with Gasteiger partial charge in [0.2, 0.25) is 0 Å². The molecule has 0 aliphatic carbocycles. The average Bonchev–Trinajstić information content (AvgIpc) is 3.54. The van der Waals surface area contributed by atoms with Gasteiger partial charge in [-0.25, -0.2) is 4.98 Å². The number of carbonyl (C=O) groups is 2. The molecule has 0 spiro atoms. The van der Waals surface area contributed by atoms with Crippen LogP contribution < -0.4 is 15.0 Å². The smallest absolute Gasteiger partial charge is 0.278 e. The molecule has 3 heterocycles. The summed E-state index contributed by atoms with van der Waals surface area (Å²) in [5.41, 5.74) is 4.76. The summed E-state index contributed by atoms with van der Waals surface area (Å²) in [6.07, 6.45) is 3.37. The third-order valence-electron chi connectivity index (χ3n) is 7.24. The van der Waals surface area contributed by atoms with Crippen LogP contribution in [-0.2, 0) is 0 Å². The number of carbonyl (C=O) groups excluding carboxylic acids is 2. The minimum atomic E-state index is -0.316. The molecule has 0 bridgehead atoms. The predicted molar refractivity (Wildman–Crippen MR) is 156 cm³/mol. The first-order chi connectivity index (χ1) is 19.4. The summed E-state index contributed by atoms with van der Waals surface area (Å²) < 4.78 is 7.71. The minimum absolute atomic E-state index is 0.0290. The van der Waals surface area contributed by atoms with Gasteiger partial charge in [0.15, 0.2) is 0 Å². The van der Waals surface area contributed by atoms with Crippen LogP contribution in [0.2, 0.25) is 0 Å². The number of halogens is 1. The Hall–Kier alpha value is -4.56. The molecule has 2 aromatic heterocycles. The number of pyridine rings is 1. The first kappa shape index (κ1) is 25.7. The number of aromatic nitrogens is 2. The number of phenolic OH excluding ortho intramolecular Hbond substituents is 1. The molecule has 8 nitrogen and oxygen atoms in total. The molecular formula is C31H27ClN4O4. The molecule has 2 amide bonds. The lowest BCUT2D eigenvalue weighted by Gasteiger charge is -2.19. The van der Waals surface area contributed by atoms with Gasteiger partial charge in [-0.2, -0.15) is 0 Å². The maximum Gasteiger partial charge on any atom is 0.278 e. The summed E-state index contributed by atoms with van der Waals surface area (Å²) in [6.45, 7) is 4.96. The number of benzene rings is 3. The van der Waals surface area contributed by atoms with E-state index in [0.717, 1.165) is 33.3 Å². The number of phenols is 1. The van der Waals surface area contributed by atoms with E-state index in [2.05, 4.69) is 23.3 Å². The standard InChI is InChI=1S/C31H27ClN4O4/c1-3-40-26-13-25-29(28-18(2)5-4-6-23(26)28)20(14-32)15-36(25)31(39)24-17-35-16-21(9-12-27(35)34-24)33-30(38)19-7-10-22(37)11-8-19/h4-13,16-17,20,37H,3,14-15H2,1-2H3,(H,33,38)/t20-/m1/s1. The molecule has 0 radical (unpaired) electrons. The molecule has 2 N–H and O–H groups in total. The van der Waals surface area contributed by atoms with Crippen molar-refractivity contribution >= 4 is 51.2 Å². The Bertz CT molecular complexity index is 1780. The van der Waals surface area contributed by atoms with E-state index >= 15 is 0 Å². The summed E-state index contributed by atoms with van der Waals surface area (Å²) in [5, 5.41) is 14.4. The lowest BCUT2D eigenvalue weighted by Crippen LogP contribution is -2.30. The first-order valence-corrected chi connectivity index (χ1v) is 13.6. The van der Waals surface area contributed by atoms with Crippen molar-refractivity contribution in [1.29, 1.82) is 0 Å². The van der Waals surface area contributed by atoms with Gasteiger partial charge in [0.25, 0.3) is 11.8 Å². The van der Waals surface area contributed by atoms with Gasteiger partial charge >= 0.3 is 0 Å². The Morgan fingerprint density at radius 1 is 1.12 bits per heavy atom. The zero-order chi connectivity index (χ0) is 28.0. The van der Waals surface area contributed by atoms with Gasteiger partial charge in [-0.15, -0.1) is 11.6 Å². The molecule has 1 atom stereocenters. The number of imidazole rings is 1. The van der Waals surface area contributed by atoms with Crippen LogP contribution >= 0.6 is 11.6 Å². The molecule has 40 heavy (non-hydrogen) atoms. The van der Waals surface area contributed by atoms with Crippen LogP contribution in [0.5, 0.6) is 11.5 Å². The van der Waals surface area contributed by atoms with E-state index in [9.17, 15) is 14.7 Å². The van der Waals surface area contributed by atoms with Crippen LogP contribution in [0.3, 0.4) is 0 Å². The highest BCUT2D eigenvalue weighted by Gasteiger charge is 2.36. The minimum Gasteiger partial charge on any atom is -0.508 e. The number of hydrogen-bond donors (Lipinski definition) is 2. The molecule has 5 aromatic rings. The number of fused-ring (bicyclic) bond motifs is 4.